The van der Waals surface area contributed by atoms with Gasteiger partial charge in [0, 0.05) is 26.9 Å². The van der Waals surface area contributed by atoms with Gasteiger partial charge >= 0.3 is 5.97 Å². The lowest BCUT2D eigenvalue weighted by Gasteiger charge is -2.37. The molecular weight excluding hydrogens is 474 g/mol. The van der Waals surface area contributed by atoms with Gasteiger partial charge in [-0.2, -0.15) is 0 Å². The van der Waals surface area contributed by atoms with Gasteiger partial charge in [-0.1, -0.05) is 6.92 Å². The van der Waals surface area contributed by atoms with E-state index in [0.29, 0.717) is 19.3 Å². The molecule has 4 bridgehead atoms. The number of hydrogen-bond donors (Lipinski definition) is 4. The molecule has 36 heavy (non-hydrogen) atoms. The normalized spacial score (nSPS) is 45.8. The summed E-state index contributed by atoms with van der Waals surface area (Å²) in [5, 5.41) is 16.4. The van der Waals surface area contributed by atoms with Crippen molar-refractivity contribution in [2.24, 2.45) is 22.0 Å². The molecule has 0 saturated heterocycles. The van der Waals surface area contributed by atoms with Gasteiger partial charge in [0.1, 0.15) is 6.04 Å². The van der Waals surface area contributed by atoms with Gasteiger partial charge in [-0.3, -0.25) is 9.59 Å². The van der Waals surface area contributed by atoms with E-state index in [2.05, 4.69) is 43.3 Å². The Balaban J connectivity index is 1.18. The number of hydrogen-bond acceptors (Lipinski definition) is 5. The average Bonchev–Trinajstić information content (AvgIpc) is 3.59. The molecule has 0 aromatic heterocycles. The van der Waals surface area contributed by atoms with Crippen molar-refractivity contribution in [3.63, 3.8) is 0 Å². The molecule has 3 unspecified atom stereocenters. The number of carboxylic acids is 1. The molecular formula is C28H45N3O4S. The van der Waals surface area contributed by atoms with Crippen molar-refractivity contribution in [1.29, 1.82) is 0 Å². The van der Waals surface area contributed by atoms with Crippen LogP contribution in [0.25, 0.3) is 0 Å². The van der Waals surface area contributed by atoms with Gasteiger partial charge in [0.25, 0.3) is 0 Å². The Hall–Kier alpha value is -1.28. The van der Waals surface area contributed by atoms with Crippen LogP contribution in [0.4, 0.5) is 0 Å². The first-order valence-corrected chi connectivity index (χ1v) is 14.8. The minimum atomic E-state index is -0.969. The first-order valence-electron chi connectivity index (χ1n) is 14.0. The summed E-state index contributed by atoms with van der Waals surface area (Å²) in [6.45, 7) is 4.76. The third kappa shape index (κ3) is 4.59. The number of carbonyl (C=O) groups excluding carboxylic acids is 2. The van der Waals surface area contributed by atoms with E-state index >= 15 is 0 Å². The van der Waals surface area contributed by atoms with Gasteiger partial charge in [0.15, 0.2) is 0 Å². The Morgan fingerprint density at radius 2 is 1.53 bits per heavy atom. The van der Waals surface area contributed by atoms with Crippen LogP contribution in [0.1, 0.15) is 110 Å². The molecule has 0 heterocycles. The summed E-state index contributed by atoms with van der Waals surface area (Å²) in [6, 6.07) is -0.894. The molecule has 5 aliphatic rings. The molecule has 3 atom stereocenters. The average molecular weight is 520 g/mol. The number of nitrogens with two attached hydrogens (primary N) is 1. The quantitative estimate of drug-likeness (QED) is 0.344. The van der Waals surface area contributed by atoms with Crippen LogP contribution >= 0.6 is 11.8 Å². The fourth-order valence-electron chi connectivity index (χ4n) is 9.18. The predicted molar refractivity (Wildman–Crippen MR) is 142 cm³/mol. The summed E-state index contributed by atoms with van der Waals surface area (Å²) >= 11 is 2.20. The van der Waals surface area contributed by atoms with E-state index in [1.165, 1.54) is 19.3 Å². The van der Waals surface area contributed by atoms with Crippen molar-refractivity contribution in [2.45, 2.75) is 131 Å². The SMILES string of the molecule is CNC1(C)CCC(C)(SC23CCC(CC(=O)NC(CC45CCC(C(N)=O)(CC4)C5)C(=O)O)(CC2)C3)C1. The molecule has 5 aliphatic carbocycles. The first kappa shape index (κ1) is 26.3. The van der Waals surface area contributed by atoms with Crippen LogP contribution in [0.3, 0.4) is 0 Å². The highest BCUT2D eigenvalue weighted by Crippen LogP contribution is 2.67. The number of amides is 2. The second kappa shape index (κ2) is 8.62. The Morgan fingerprint density at radius 3 is 2.06 bits per heavy atom. The minimum absolute atomic E-state index is 0.0154. The summed E-state index contributed by atoms with van der Waals surface area (Å²) in [7, 11) is 2.07. The van der Waals surface area contributed by atoms with Crippen molar-refractivity contribution >= 4 is 29.5 Å². The van der Waals surface area contributed by atoms with Crippen LogP contribution in [0.15, 0.2) is 0 Å². The molecule has 5 rings (SSSR count). The summed E-state index contributed by atoms with van der Waals surface area (Å²) in [5.74, 6) is -1.33. The van der Waals surface area contributed by atoms with Gasteiger partial charge in [-0.05, 0) is 115 Å². The van der Waals surface area contributed by atoms with E-state index < -0.39 is 17.4 Å². The highest BCUT2D eigenvalue weighted by molar-refractivity contribution is 8.02. The van der Waals surface area contributed by atoms with E-state index in [1.54, 1.807) is 0 Å². The molecule has 5 fully saturated rings. The number of nitrogens with one attached hydrogen (secondary N) is 2. The van der Waals surface area contributed by atoms with Crippen molar-refractivity contribution in [3.8, 4) is 0 Å². The van der Waals surface area contributed by atoms with Crippen LogP contribution in [-0.4, -0.2) is 51.0 Å². The maximum absolute atomic E-state index is 13.2. The third-order valence-corrected chi connectivity index (χ3v) is 13.1. The van der Waals surface area contributed by atoms with Crippen LogP contribution in [-0.2, 0) is 14.4 Å². The zero-order valence-electron chi connectivity index (χ0n) is 22.3. The Kier molecular flexibility index (Phi) is 6.30. The molecule has 5 N–H and O–H groups in total. The smallest absolute Gasteiger partial charge is 0.326 e. The van der Waals surface area contributed by atoms with E-state index in [9.17, 15) is 19.5 Å². The molecule has 0 spiro atoms. The zero-order chi connectivity index (χ0) is 26.0. The lowest BCUT2D eigenvalue weighted by Crippen LogP contribution is -2.45. The Bertz CT molecular complexity index is 937. The monoisotopic (exact) mass is 519 g/mol. The van der Waals surface area contributed by atoms with Crippen LogP contribution < -0.4 is 16.4 Å². The van der Waals surface area contributed by atoms with Crippen molar-refractivity contribution < 1.29 is 19.5 Å². The minimum Gasteiger partial charge on any atom is -0.480 e. The summed E-state index contributed by atoms with van der Waals surface area (Å²) < 4.78 is 0.543. The van der Waals surface area contributed by atoms with Crippen molar-refractivity contribution in [3.05, 3.63) is 0 Å². The van der Waals surface area contributed by atoms with Gasteiger partial charge in [0.2, 0.25) is 11.8 Å². The lowest BCUT2D eigenvalue weighted by atomic mass is 9.77. The fraction of sp³-hybridized carbons (Fsp3) is 0.893. The molecule has 8 heteroatoms. The zero-order valence-corrected chi connectivity index (χ0v) is 23.2. The molecule has 0 radical (unpaired) electrons. The van der Waals surface area contributed by atoms with Gasteiger partial charge in [0.05, 0.1) is 0 Å². The Labute approximate surface area is 219 Å². The number of carbonyl (C=O) groups is 3. The standard InChI is InChI=1S/C28H45N3O4S/c1-23(30-3)4-5-24(2,16-23)36-28-12-8-26(18-28,9-13-28)15-20(32)31-19(21(33)34)14-25-6-10-27(17-25,11-7-25)22(29)35/h19,30H,4-18H2,1-3H3,(H2,29,35)(H,31,32)(H,33,34). The number of aliphatic carboxylic acids is 1. The van der Waals surface area contributed by atoms with Gasteiger partial charge in [-0.25, -0.2) is 4.79 Å². The highest BCUT2D eigenvalue weighted by Gasteiger charge is 2.59. The maximum Gasteiger partial charge on any atom is 0.326 e. The molecule has 202 valence electrons. The third-order valence-electron chi connectivity index (χ3n) is 11.3. The molecule has 0 aromatic carbocycles. The van der Waals surface area contributed by atoms with Crippen molar-refractivity contribution in [2.75, 3.05) is 7.05 Å². The van der Waals surface area contributed by atoms with E-state index in [0.717, 1.165) is 57.8 Å². The Morgan fingerprint density at radius 1 is 0.889 bits per heavy atom. The van der Waals surface area contributed by atoms with Crippen LogP contribution in [0.2, 0.25) is 0 Å². The fourth-order valence-corrected chi connectivity index (χ4v) is 11.6. The molecule has 0 aliphatic heterocycles. The first-order chi connectivity index (χ1) is 16.8. The van der Waals surface area contributed by atoms with Crippen LogP contribution in [0, 0.1) is 16.2 Å². The molecule has 5 saturated carbocycles. The van der Waals surface area contributed by atoms with E-state index in [4.69, 9.17) is 5.73 Å². The van der Waals surface area contributed by atoms with E-state index in [1.807, 2.05) is 0 Å². The topological polar surface area (TPSA) is 122 Å². The van der Waals surface area contributed by atoms with Crippen molar-refractivity contribution in [1.82, 2.24) is 10.6 Å². The summed E-state index contributed by atoms with van der Waals surface area (Å²) in [4.78, 5) is 37.4. The number of thioether (sulfide) groups is 1. The summed E-state index contributed by atoms with van der Waals surface area (Å²) in [6.07, 6.45) is 13.8. The number of rotatable bonds is 10. The van der Waals surface area contributed by atoms with E-state index in [-0.39, 0.29) is 37.7 Å². The summed E-state index contributed by atoms with van der Waals surface area (Å²) in [5.41, 5.74) is 5.27. The lowest BCUT2D eigenvalue weighted by molar-refractivity contribution is -0.143. The molecule has 0 aromatic rings. The number of carboxylic acid groups (broad SMARTS) is 1. The maximum atomic E-state index is 13.2. The molecule has 7 nitrogen and oxygen atoms in total. The largest absolute Gasteiger partial charge is 0.480 e. The van der Waals surface area contributed by atoms with Gasteiger partial charge in [-0.15, -0.1) is 11.8 Å². The molecule has 2 amide bonds. The second-order valence-corrected chi connectivity index (χ2v) is 16.1. The predicted octanol–water partition coefficient (Wildman–Crippen LogP) is 4.13. The van der Waals surface area contributed by atoms with Gasteiger partial charge < -0.3 is 21.5 Å². The number of fused-ring (bicyclic) bond motifs is 4. The van der Waals surface area contributed by atoms with Crippen LogP contribution in [0.5, 0.6) is 0 Å². The number of primary amides is 1. The second-order valence-electron chi connectivity index (χ2n) is 14.1. The highest BCUT2D eigenvalue weighted by atomic mass is 32.2.